The van der Waals surface area contributed by atoms with Gasteiger partial charge in [-0.3, -0.25) is 0 Å². The topological polar surface area (TPSA) is 82.8 Å². The van der Waals surface area contributed by atoms with E-state index in [1.807, 2.05) is 24.3 Å². The maximum Gasteiger partial charge on any atom is 0.230 e. The number of nitrogens with two attached hydrogens (primary N) is 1. The SMILES string of the molecule is Nc1oncc1-c1ccccc1-n1nccn1. The number of aromatic nitrogens is 4. The summed E-state index contributed by atoms with van der Waals surface area (Å²) in [5, 5.41) is 11.9. The molecular weight excluding hydrogens is 218 g/mol. The first-order valence-electron chi connectivity index (χ1n) is 5.02. The van der Waals surface area contributed by atoms with E-state index in [1.54, 1.807) is 18.6 Å². The lowest BCUT2D eigenvalue weighted by molar-refractivity contribution is 0.436. The van der Waals surface area contributed by atoms with Gasteiger partial charge in [-0.05, 0) is 6.07 Å². The van der Waals surface area contributed by atoms with Gasteiger partial charge in [-0.25, -0.2) is 0 Å². The Morgan fingerprint density at radius 3 is 2.53 bits per heavy atom. The van der Waals surface area contributed by atoms with Gasteiger partial charge in [0.15, 0.2) is 0 Å². The zero-order valence-electron chi connectivity index (χ0n) is 8.82. The van der Waals surface area contributed by atoms with Gasteiger partial charge in [0.2, 0.25) is 5.88 Å². The molecule has 0 saturated heterocycles. The van der Waals surface area contributed by atoms with Gasteiger partial charge in [0, 0.05) is 5.56 Å². The quantitative estimate of drug-likeness (QED) is 0.717. The molecule has 0 aliphatic rings. The summed E-state index contributed by atoms with van der Waals surface area (Å²) in [7, 11) is 0. The van der Waals surface area contributed by atoms with Crippen molar-refractivity contribution in [3.05, 3.63) is 42.9 Å². The first-order chi connectivity index (χ1) is 8.36. The van der Waals surface area contributed by atoms with Crippen LogP contribution in [0.1, 0.15) is 0 Å². The van der Waals surface area contributed by atoms with E-state index in [1.165, 1.54) is 4.80 Å². The Labute approximate surface area is 96.6 Å². The number of benzene rings is 1. The summed E-state index contributed by atoms with van der Waals surface area (Å²) in [4.78, 5) is 1.53. The molecule has 0 fully saturated rings. The van der Waals surface area contributed by atoms with Gasteiger partial charge < -0.3 is 10.3 Å². The summed E-state index contributed by atoms with van der Waals surface area (Å²) in [6.07, 6.45) is 4.82. The van der Waals surface area contributed by atoms with Crippen molar-refractivity contribution < 1.29 is 4.52 Å². The third kappa shape index (κ3) is 1.55. The van der Waals surface area contributed by atoms with Crippen LogP contribution in [0, 0.1) is 0 Å². The lowest BCUT2D eigenvalue weighted by Gasteiger charge is -2.06. The van der Waals surface area contributed by atoms with Crippen LogP contribution >= 0.6 is 0 Å². The van der Waals surface area contributed by atoms with Crippen molar-refractivity contribution in [2.45, 2.75) is 0 Å². The van der Waals surface area contributed by atoms with E-state index in [-0.39, 0.29) is 5.88 Å². The Balaban J connectivity index is 2.22. The van der Waals surface area contributed by atoms with Crippen LogP contribution in [0.25, 0.3) is 16.8 Å². The number of nitrogen functional groups attached to an aromatic ring is 1. The van der Waals surface area contributed by atoms with Crippen molar-refractivity contribution in [2.24, 2.45) is 0 Å². The first-order valence-corrected chi connectivity index (χ1v) is 5.02. The van der Waals surface area contributed by atoms with Crippen LogP contribution in [-0.4, -0.2) is 20.2 Å². The summed E-state index contributed by atoms with van der Waals surface area (Å²) in [6.45, 7) is 0. The number of hydrogen-bond donors (Lipinski definition) is 1. The summed E-state index contributed by atoms with van der Waals surface area (Å²) >= 11 is 0. The molecule has 1 aromatic carbocycles. The largest absolute Gasteiger partial charge is 0.367 e. The fourth-order valence-electron chi connectivity index (χ4n) is 1.67. The van der Waals surface area contributed by atoms with E-state index in [4.69, 9.17) is 10.3 Å². The van der Waals surface area contributed by atoms with Gasteiger partial charge in [-0.2, -0.15) is 15.0 Å². The van der Waals surface area contributed by atoms with Gasteiger partial charge in [0.25, 0.3) is 0 Å². The highest BCUT2D eigenvalue weighted by atomic mass is 16.5. The highest BCUT2D eigenvalue weighted by Crippen LogP contribution is 2.29. The molecule has 2 N–H and O–H groups in total. The van der Waals surface area contributed by atoms with Gasteiger partial charge >= 0.3 is 0 Å². The van der Waals surface area contributed by atoms with Crippen molar-refractivity contribution in [1.29, 1.82) is 0 Å². The lowest BCUT2D eigenvalue weighted by Crippen LogP contribution is -2.00. The highest BCUT2D eigenvalue weighted by molar-refractivity contribution is 5.78. The number of hydrogen-bond acceptors (Lipinski definition) is 5. The van der Waals surface area contributed by atoms with E-state index in [9.17, 15) is 0 Å². The highest BCUT2D eigenvalue weighted by Gasteiger charge is 2.12. The number of para-hydroxylation sites is 1. The summed E-state index contributed by atoms with van der Waals surface area (Å²) in [5.74, 6) is 0.282. The molecular formula is C11H9N5O. The number of nitrogens with zero attached hydrogens (tertiary/aromatic N) is 4. The fourth-order valence-corrected chi connectivity index (χ4v) is 1.67. The molecule has 3 rings (SSSR count). The molecule has 84 valence electrons. The fraction of sp³-hybridized carbons (Fsp3) is 0. The molecule has 2 aromatic heterocycles. The third-order valence-corrected chi connectivity index (χ3v) is 2.43. The minimum atomic E-state index is 0.282. The smallest absolute Gasteiger partial charge is 0.230 e. The van der Waals surface area contributed by atoms with E-state index < -0.39 is 0 Å². The lowest BCUT2D eigenvalue weighted by atomic mass is 10.1. The van der Waals surface area contributed by atoms with Gasteiger partial charge in [0.1, 0.15) is 0 Å². The predicted octanol–water partition coefficient (Wildman–Crippen LogP) is 1.50. The van der Waals surface area contributed by atoms with E-state index in [0.29, 0.717) is 0 Å². The van der Waals surface area contributed by atoms with Crippen molar-refractivity contribution in [1.82, 2.24) is 20.2 Å². The van der Waals surface area contributed by atoms with Crippen LogP contribution in [0.15, 0.2) is 47.4 Å². The van der Waals surface area contributed by atoms with Crippen LogP contribution in [-0.2, 0) is 0 Å². The van der Waals surface area contributed by atoms with Crippen molar-refractivity contribution in [3.63, 3.8) is 0 Å². The second-order valence-corrected chi connectivity index (χ2v) is 3.44. The minimum absolute atomic E-state index is 0.282. The third-order valence-electron chi connectivity index (χ3n) is 2.43. The minimum Gasteiger partial charge on any atom is -0.367 e. The maximum absolute atomic E-state index is 5.72. The zero-order valence-corrected chi connectivity index (χ0v) is 8.82. The van der Waals surface area contributed by atoms with E-state index in [0.717, 1.165) is 16.8 Å². The molecule has 17 heavy (non-hydrogen) atoms. The second-order valence-electron chi connectivity index (χ2n) is 3.44. The zero-order chi connectivity index (χ0) is 11.7. The molecule has 6 heteroatoms. The van der Waals surface area contributed by atoms with Crippen molar-refractivity contribution in [2.75, 3.05) is 5.73 Å². The monoisotopic (exact) mass is 227 g/mol. The Kier molecular flexibility index (Phi) is 2.11. The number of rotatable bonds is 2. The molecule has 6 nitrogen and oxygen atoms in total. The molecule has 0 saturated carbocycles. The van der Waals surface area contributed by atoms with Crippen LogP contribution in [0.2, 0.25) is 0 Å². The van der Waals surface area contributed by atoms with Crippen LogP contribution in [0.5, 0.6) is 0 Å². The molecule has 0 aliphatic heterocycles. The molecule has 3 aromatic rings. The average Bonchev–Trinajstić information content (AvgIpc) is 3.00. The Bertz CT molecular complexity index is 629. The standard InChI is InChI=1S/C11H9N5O/c12-11-9(7-15-17-11)8-3-1-2-4-10(8)16-13-5-6-14-16/h1-7H,12H2. The molecule has 0 bridgehead atoms. The Morgan fingerprint density at radius 2 is 1.82 bits per heavy atom. The normalized spacial score (nSPS) is 10.6. The van der Waals surface area contributed by atoms with Gasteiger partial charge in [0.05, 0.1) is 29.8 Å². The van der Waals surface area contributed by atoms with Crippen LogP contribution in [0.4, 0.5) is 5.88 Å². The molecule has 2 heterocycles. The maximum atomic E-state index is 5.72. The van der Waals surface area contributed by atoms with Crippen LogP contribution < -0.4 is 5.73 Å². The molecule has 0 aliphatic carbocycles. The second kappa shape index (κ2) is 3.75. The van der Waals surface area contributed by atoms with Gasteiger partial charge in [-0.1, -0.05) is 23.4 Å². The molecule has 0 spiro atoms. The van der Waals surface area contributed by atoms with Crippen LogP contribution in [0.3, 0.4) is 0 Å². The molecule has 0 unspecified atom stereocenters. The molecule has 0 radical (unpaired) electrons. The molecule has 0 atom stereocenters. The predicted molar refractivity (Wildman–Crippen MR) is 61.3 cm³/mol. The van der Waals surface area contributed by atoms with Crippen molar-refractivity contribution >= 4 is 5.88 Å². The first kappa shape index (κ1) is 9.59. The van der Waals surface area contributed by atoms with E-state index in [2.05, 4.69) is 15.4 Å². The molecule has 0 amide bonds. The Morgan fingerprint density at radius 1 is 1.06 bits per heavy atom. The van der Waals surface area contributed by atoms with Crippen molar-refractivity contribution in [3.8, 4) is 16.8 Å². The number of anilines is 1. The Hall–Kier alpha value is -2.63. The average molecular weight is 227 g/mol. The van der Waals surface area contributed by atoms with E-state index >= 15 is 0 Å². The van der Waals surface area contributed by atoms with Gasteiger partial charge in [-0.15, -0.1) is 0 Å². The summed E-state index contributed by atoms with van der Waals surface area (Å²) in [5.41, 5.74) is 8.15. The summed E-state index contributed by atoms with van der Waals surface area (Å²) < 4.78 is 4.87. The summed E-state index contributed by atoms with van der Waals surface area (Å²) in [6, 6.07) is 7.64.